The second-order valence-corrected chi connectivity index (χ2v) is 5.16. The van der Waals surface area contributed by atoms with Crippen LogP contribution in [0.1, 0.15) is 37.8 Å². The second-order valence-electron chi connectivity index (χ2n) is 5.16. The van der Waals surface area contributed by atoms with Crippen molar-refractivity contribution < 1.29 is 14.3 Å². The van der Waals surface area contributed by atoms with Crippen LogP contribution in [0, 0.1) is 13.8 Å². The van der Waals surface area contributed by atoms with Gasteiger partial charge in [-0.3, -0.25) is 4.79 Å². The Kier molecular flexibility index (Phi) is 7.83. The first-order chi connectivity index (χ1) is 10.1. The molecule has 0 fully saturated rings. The van der Waals surface area contributed by atoms with Gasteiger partial charge >= 0.3 is 5.97 Å². The van der Waals surface area contributed by atoms with E-state index in [1.54, 1.807) is 0 Å². The van der Waals surface area contributed by atoms with Gasteiger partial charge in [0.1, 0.15) is 11.8 Å². The zero-order chi connectivity index (χ0) is 15.7. The number of ether oxygens (including phenoxy) is 2. The van der Waals surface area contributed by atoms with E-state index >= 15 is 0 Å². The molecular weight excluding hydrogens is 266 g/mol. The van der Waals surface area contributed by atoms with Crippen molar-refractivity contribution in [2.45, 2.75) is 46.6 Å². The predicted molar refractivity (Wildman–Crippen MR) is 84.7 cm³/mol. The van der Waals surface area contributed by atoms with Crippen LogP contribution in [0.4, 0.5) is 0 Å². The van der Waals surface area contributed by atoms with E-state index in [0.717, 1.165) is 24.3 Å². The van der Waals surface area contributed by atoms with Gasteiger partial charge in [-0.1, -0.05) is 19.1 Å². The Hall–Kier alpha value is -1.55. The number of aryl methyl sites for hydroxylation is 2. The average molecular weight is 293 g/mol. The molecule has 0 spiro atoms. The monoisotopic (exact) mass is 293 g/mol. The van der Waals surface area contributed by atoms with Gasteiger partial charge in [-0.05, 0) is 50.9 Å². The van der Waals surface area contributed by atoms with E-state index in [9.17, 15) is 4.79 Å². The molecule has 0 aromatic heterocycles. The van der Waals surface area contributed by atoms with Gasteiger partial charge < -0.3 is 14.8 Å². The summed E-state index contributed by atoms with van der Waals surface area (Å²) in [5, 5.41) is 3.21. The minimum Gasteiger partial charge on any atom is -0.493 e. The largest absolute Gasteiger partial charge is 0.493 e. The summed E-state index contributed by atoms with van der Waals surface area (Å²) in [7, 11) is 0. The molecule has 0 saturated carbocycles. The molecule has 0 heterocycles. The quantitative estimate of drug-likeness (QED) is 0.711. The highest BCUT2D eigenvalue weighted by atomic mass is 16.5. The van der Waals surface area contributed by atoms with E-state index in [1.165, 1.54) is 5.56 Å². The number of esters is 1. The minimum absolute atomic E-state index is 0.199. The van der Waals surface area contributed by atoms with E-state index in [4.69, 9.17) is 9.47 Å². The Morgan fingerprint density at radius 1 is 1.29 bits per heavy atom. The molecule has 0 saturated heterocycles. The summed E-state index contributed by atoms with van der Waals surface area (Å²) in [4.78, 5) is 11.9. The van der Waals surface area contributed by atoms with Crippen LogP contribution in [-0.4, -0.2) is 31.8 Å². The van der Waals surface area contributed by atoms with Crippen molar-refractivity contribution in [1.29, 1.82) is 0 Å². The third-order valence-corrected chi connectivity index (χ3v) is 3.22. The molecule has 0 aliphatic rings. The highest BCUT2D eigenvalue weighted by Gasteiger charge is 2.18. The van der Waals surface area contributed by atoms with Crippen molar-refractivity contribution in [2.75, 3.05) is 19.8 Å². The summed E-state index contributed by atoms with van der Waals surface area (Å²) >= 11 is 0. The topological polar surface area (TPSA) is 47.6 Å². The molecule has 1 N–H and O–H groups in total. The Labute approximate surface area is 127 Å². The number of hydrogen-bond acceptors (Lipinski definition) is 4. The van der Waals surface area contributed by atoms with Crippen LogP contribution < -0.4 is 10.1 Å². The van der Waals surface area contributed by atoms with Gasteiger partial charge in [0.15, 0.2) is 0 Å². The second kappa shape index (κ2) is 9.40. The van der Waals surface area contributed by atoms with Crippen molar-refractivity contribution in [3.63, 3.8) is 0 Å². The average Bonchev–Trinajstić information content (AvgIpc) is 2.46. The van der Waals surface area contributed by atoms with Gasteiger partial charge in [0.05, 0.1) is 13.2 Å². The maximum Gasteiger partial charge on any atom is 0.323 e. The van der Waals surface area contributed by atoms with E-state index in [1.807, 2.05) is 32.9 Å². The maximum atomic E-state index is 11.9. The van der Waals surface area contributed by atoms with Crippen LogP contribution in [-0.2, 0) is 9.53 Å². The molecule has 0 amide bonds. The Balaban J connectivity index is 2.52. The number of hydrogen-bond donors (Lipinski definition) is 1. The normalized spacial score (nSPS) is 12.0. The fraction of sp³-hybridized carbons (Fsp3) is 0.588. The Bertz CT molecular complexity index is 446. The first-order valence-electron chi connectivity index (χ1n) is 7.68. The summed E-state index contributed by atoms with van der Waals surface area (Å²) in [6.07, 6.45) is 1.58. The van der Waals surface area contributed by atoms with Crippen molar-refractivity contribution in [3.8, 4) is 5.75 Å². The molecule has 1 aromatic carbocycles. The first kappa shape index (κ1) is 17.5. The van der Waals surface area contributed by atoms with Crippen LogP contribution >= 0.6 is 0 Å². The highest BCUT2D eigenvalue weighted by Crippen LogP contribution is 2.19. The molecule has 1 unspecified atom stereocenters. The van der Waals surface area contributed by atoms with E-state index in [0.29, 0.717) is 19.6 Å². The molecule has 4 nitrogen and oxygen atoms in total. The Morgan fingerprint density at radius 3 is 2.71 bits per heavy atom. The van der Waals surface area contributed by atoms with Gasteiger partial charge in [0.25, 0.3) is 0 Å². The standard InChI is InChI=1S/C17H27NO3/c1-5-10-18-15(17(19)20-6-2)9-11-21-16-12-13(3)7-8-14(16)4/h7-8,12,15,18H,5-6,9-11H2,1-4H3. The van der Waals surface area contributed by atoms with Crippen LogP contribution in [0.15, 0.2) is 18.2 Å². The van der Waals surface area contributed by atoms with E-state index in [2.05, 4.69) is 18.3 Å². The molecule has 118 valence electrons. The minimum atomic E-state index is -0.296. The number of nitrogens with one attached hydrogen (secondary N) is 1. The molecule has 1 rings (SSSR count). The fourth-order valence-electron chi connectivity index (χ4n) is 2.01. The van der Waals surface area contributed by atoms with Crippen LogP contribution in [0.2, 0.25) is 0 Å². The van der Waals surface area contributed by atoms with Gasteiger partial charge in [-0.15, -0.1) is 0 Å². The lowest BCUT2D eigenvalue weighted by Gasteiger charge is -2.17. The predicted octanol–water partition coefficient (Wildman–Crippen LogP) is 3.00. The molecule has 1 atom stereocenters. The lowest BCUT2D eigenvalue weighted by atomic mass is 10.1. The van der Waals surface area contributed by atoms with Gasteiger partial charge in [-0.2, -0.15) is 0 Å². The summed E-state index contributed by atoms with van der Waals surface area (Å²) < 4.78 is 10.9. The first-order valence-corrected chi connectivity index (χ1v) is 7.68. The maximum absolute atomic E-state index is 11.9. The number of rotatable bonds is 9. The summed E-state index contributed by atoms with van der Waals surface area (Å²) in [5.74, 6) is 0.684. The summed E-state index contributed by atoms with van der Waals surface area (Å²) in [5.41, 5.74) is 2.27. The molecular formula is C17H27NO3. The number of carbonyl (C=O) groups excluding carboxylic acids is 1. The van der Waals surface area contributed by atoms with Crippen LogP contribution in [0.3, 0.4) is 0 Å². The summed E-state index contributed by atoms with van der Waals surface area (Å²) in [6, 6.07) is 5.83. The van der Waals surface area contributed by atoms with Gasteiger partial charge in [0, 0.05) is 6.42 Å². The van der Waals surface area contributed by atoms with Crippen LogP contribution in [0.5, 0.6) is 5.75 Å². The third-order valence-electron chi connectivity index (χ3n) is 3.22. The fourth-order valence-corrected chi connectivity index (χ4v) is 2.01. The zero-order valence-electron chi connectivity index (χ0n) is 13.6. The molecule has 0 radical (unpaired) electrons. The van der Waals surface area contributed by atoms with Crippen molar-refractivity contribution in [1.82, 2.24) is 5.32 Å². The third kappa shape index (κ3) is 6.17. The lowest BCUT2D eigenvalue weighted by Crippen LogP contribution is -2.39. The van der Waals surface area contributed by atoms with Crippen molar-refractivity contribution >= 4 is 5.97 Å². The Morgan fingerprint density at radius 2 is 2.05 bits per heavy atom. The molecule has 21 heavy (non-hydrogen) atoms. The molecule has 0 bridgehead atoms. The summed E-state index contributed by atoms with van der Waals surface area (Å²) in [6.45, 7) is 9.64. The molecule has 1 aromatic rings. The zero-order valence-corrected chi connectivity index (χ0v) is 13.6. The van der Waals surface area contributed by atoms with Crippen molar-refractivity contribution in [2.24, 2.45) is 0 Å². The number of benzene rings is 1. The van der Waals surface area contributed by atoms with E-state index < -0.39 is 0 Å². The van der Waals surface area contributed by atoms with Gasteiger partial charge in [-0.25, -0.2) is 0 Å². The smallest absolute Gasteiger partial charge is 0.323 e. The van der Waals surface area contributed by atoms with Gasteiger partial charge in [0.2, 0.25) is 0 Å². The molecule has 4 heteroatoms. The highest BCUT2D eigenvalue weighted by molar-refractivity contribution is 5.75. The van der Waals surface area contributed by atoms with Crippen LogP contribution in [0.25, 0.3) is 0 Å². The lowest BCUT2D eigenvalue weighted by molar-refractivity contribution is -0.146. The van der Waals surface area contributed by atoms with E-state index in [-0.39, 0.29) is 12.0 Å². The molecule has 0 aliphatic carbocycles. The molecule has 0 aliphatic heterocycles. The number of carbonyl (C=O) groups is 1. The van der Waals surface area contributed by atoms with Crippen molar-refractivity contribution in [3.05, 3.63) is 29.3 Å². The SMILES string of the molecule is CCCNC(CCOc1cc(C)ccc1C)C(=O)OCC.